The van der Waals surface area contributed by atoms with E-state index < -0.39 is 5.82 Å². The smallest absolute Gasteiger partial charge is 0.141 e. The Morgan fingerprint density at radius 3 is 2.80 bits per heavy atom. The lowest BCUT2D eigenvalue weighted by Crippen LogP contribution is -2.16. The molecule has 20 heavy (non-hydrogen) atoms. The van der Waals surface area contributed by atoms with Gasteiger partial charge in [-0.3, -0.25) is 0 Å². The van der Waals surface area contributed by atoms with E-state index in [-0.39, 0.29) is 16.9 Å². The molecule has 1 heterocycles. The van der Waals surface area contributed by atoms with Crippen LogP contribution in [0.2, 0.25) is 5.02 Å². The Kier molecular flexibility index (Phi) is 3.85. The van der Waals surface area contributed by atoms with Crippen molar-refractivity contribution in [2.24, 2.45) is 0 Å². The lowest BCUT2D eigenvalue weighted by atomic mass is 10.0. The van der Waals surface area contributed by atoms with Gasteiger partial charge in [0.1, 0.15) is 11.6 Å². The van der Waals surface area contributed by atoms with Crippen molar-refractivity contribution in [3.63, 3.8) is 0 Å². The standard InChI is InChI=1S/C15H12ClF2NS/c16-11-8-9(4-5-12(11)17)19-14-6-7-20-15-10(14)2-1-3-13(15)18/h1-5,8,14,19H,6-7H2. The quantitative estimate of drug-likeness (QED) is 0.811. The Morgan fingerprint density at radius 1 is 1.15 bits per heavy atom. The van der Waals surface area contributed by atoms with E-state index >= 15 is 0 Å². The highest BCUT2D eigenvalue weighted by Gasteiger charge is 2.23. The number of halogens is 3. The first kappa shape index (κ1) is 13.7. The lowest BCUT2D eigenvalue weighted by Gasteiger charge is -2.27. The molecule has 1 N–H and O–H groups in total. The highest BCUT2D eigenvalue weighted by Crippen LogP contribution is 2.39. The van der Waals surface area contributed by atoms with Crippen LogP contribution in [0.25, 0.3) is 0 Å². The van der Waals surface area contributed by atoms with Crippen LogP contribution in [0.1, 0.15) is 18.0 Å². The molecule has 3 rings (SSSR count). The van der Waals surface area contributed by atoms with Crippen molar-refractivity contribution in [2.45, 2.75) is 17.4 Å². The molecule has 0 aliphatic carbocycles. The Balaban J connectivity index is 1.89. The van der Waals surface area contributed by atoms with Gasteiger partial charge in [0.15, 0.2) is 0 Å². The molecule has 1 aliphatic heterocycles. The van der Waals surface area contributed by atoms with Crippen LogP contribution in [0.15, 0.2) is 41.3 Å². The molecule has 5 heteroatoms. The van der Waals surface area contributed by atoms with Crippen LogP contribution in [-0.2, 0) is 0 Å². The summed E-state index contributed by atoms with van der Waals surface area (Å²) in [7, 11) is 0. The highest BCUT2D eigenvalue weighted by molar-refractivity contribution is 7.99. The van der Waals surface area contributed by atoms with Crippen molar-refractivity contribution in [1.29, 1.82) is 0 Å². The SMILES string of the molecule is Fc1ccc(NC2CCSc3c(F)cccc32)cc1Cl. The molecule has 1 unspecified atom stereocenters. The van der Waals surface area contributed by atoms with Gasteiger partial charge in [0.25, 0.3) is 0 Å². The van der Waals surface area contributed by atoms with Gasteiger partial charge in [-0.1, -0.05) is 23.7 Å². The number of rotatable bonds is 2. The lowest BCUT2D eigenvalue weighted by molar-refractivity contribution is 0.585. The number of fused-ring (bicyclic) bond motifs is 1. The van der Waals surface area contributed by atoms with Crippen LogP contribution in [0.3, 0.4) is 0 Å². The molecule has 1 nitrogen and oxygen atoms in total. The zero-order valence-electron chi connectivity index (χ0n) is 10.5. The Bertz CT molecular complexity index is 648. The molecule has 104 valence electrons. The fourth-order valence-corrected chi connectivity index (χ4v) is 3.64. The molecular weight excluding hydrogens is 300 g/mol. The van der Waals surface area contributed by atoms with E-state index in [0.29, 0.717) is 4.90 Å². The average Bonchev–Trinajstić information content (AvgIpc) is 2.44. The first-order valence-corrected chi connectivity index (χ1v) is 7.64. The third-order valence-corrected chi connectivity index (χ3v) is 4.74. The maximum absolute atomic E-state index is 13.8. The minimum absolute atomic E-state index is 0.0171. The summed E-state index contributed by atoms with van der Waals surface area (Å²) in [6.45, 7) is 0. The summed E-state index contributed by atoms with van der Waals surface area (Å²) in [6, 6.07) is 9.65. The van der Waals surface area contributed by atoms with E-state index in [9.17, 15) is 8.78 Å². The van der Waals surface area contributed by atoms with Gasteiger partial charge >= 0.3 is 0 Å². The predicted octanol–water partition coefficient (Wildman–Crippen LogP) is 5.27. The molecule has 0 saturated carbocycles. The van der Waals surface area contributed by atoms with Crippen LogP contribution in [0.5, 0.6) is 0 Å². The number of thioether (sulfide) groups is 1. The minimum atomic E-state index is -0.442. The van der Waals surface area contributed by atoms with Crippen LogP contribution < -0.4 is 5.32 Å². The van der Waals surface area contributed by atoms with Gasteiger partial charge in [0.05, 0.1) is 11.1 Å². The predicted molar refractivity (Wildman–Crippen MR) is 79.5 cm³/mol. The van der Waals surface area contributed by atoms with Crippen LogP contribution in [0.4, 0.5) is 14.5 Å². The fraction of sp³-hybridized carbons (Fsp3) is 0.200. The average molecular weight is 312 g/mol. The van der Waals surface area contributed by atoms with Gasteiger partial charge < -0.3 is 5.32 Å². The first-order valence-electron chi connectivity index (χ1n) is 6.28. The Labute approximate surface area is 125 Å². The second-order valence-electron chi connectivity index (χ2n) is 4.62. The van der Waals surface area contributed by atoms with E-state index in [0.717, 1.165) is 23.4 Å². The molecule has 0 fully saturated rings. The van der Waals surface area contributed by atoms with Crippen molar-refractivity contribution in [2.75, 3.05) is 11.1 Å². The van der Waals surface area contributed by atoms with Gasteiger partial charge in [-0.25, -0.2) is 8.78 Å². The second-order valence-corrected chi connectivity index (χ2v) is 6.13. The van der Waals surface area contributed by atoms with Crippen molar-refractivity contribution >= 4 is 29.1 Å². The Morgan fingerprint density at radius 2 is 2.00 bits per heavy atom. The maximum atomic E-state index is 13.8. The Hall–Kier alpha value is -1.26. The summed E-state index contributed by atoms with van der Waals surface area (Å²) < 4.78 is 26.9. The van der Waals surface area contributed by atoms with E-state index in [1.54, 1.807) is 18.2 Å². The van der Waals surface area contributed by atoms with Crippen molar-refractivity contribution in [3.8, 4) is 0 Å². The summed E-state index contributed by atoms with van der Waals surface area (Å²) in [5, 5.41) is 3.38. The number of benzene rings is 2. The van der Waals surface area contributed by atoms with E-state index in [1.807, 2.05) is 6.07 Å². The number of nitrogens with one attached hydrogen (secondary N) is 1. The molecule has 1 atom stereocenters. The summed E-state index contributed by atoms with van der Waals surface area (Å²) in [5.74, 6) is 0.222. The van der Waals surface area contributed by atoms with Gasteiger partial charge in [0, 0.05) is 16.3 Å². The van der Waals surface area contributed by atoms with Crippen LogP contribution >= 0.6 is 23.4 Å². The van der Waals surface area contributed by atoms with Gasteiger partial charge in [-0.05, 0) is 36.2 Å². The van der Waals surface area contributed by atoms with Crippen LogP contribution in [-0.4, -0.2) is 5.75 Å². The van der Waals surface area contributed by atoms with E-state index in [2.05, 4.69) is 5.32 Å². The molecule has 0 bridgehead atoms. The second kappa shape index (κ2) is 5.62. The molecule has 0 spiro atoms. The zero-order valence-corrected chi connectivity index (χ0v) is 12.1. The highest BCUT2D eigenvalue weighted by atomic mass is 35.5. The van der Waals surface area contributed by atoms with Crippen molar-refractivity contribution < 1.29 is 8.78 Å². The molecule has 1 aliphatic rings. The molecule has 0 amide bonds. The first-order chi connectivity index (χ1) is 9.65. The monoisotopic (exact) mass is 311 g/mol. The number of hydrogen-bond donors (Lipinski definition) is 1. The molecule has 0 saturated heterocycles. The topological polar surface area (TPSA) is 12.0 Å². The third-order valence-electron chi connectivity index (χ3n) is 3.29. The number of hydrogen-bond acceptors (Lipinski definition) is 2. The van der Waals surface area contributed by atoms with E-state index in [4.69, 9.17) is 11.6 Å². The molecule has 0 radical (unpaired) electrons. The minimum Gasteiger partial charge on any atom is -0.378 e. The van der Waals surface area contributed by atoms with Crippen molar-refractivity contribution in [3.05, 3.63) is 58.6 Å². The largest absolute Gasteiger partial charge is 0.378 e. The van der Waals surface area contributed by atoms with Gasteiger partial charge in [-0.15, -0.1) is 11.8 Å². The maximum Gasteiger partial charge on any atom is 0.141 e. The van der Waals surface area contributed by atoms with Crippen LogP contribution in [0, 0.1) is 11.6 Å². The summed E-state index contributed by atoms with van der Waals surface area (Å²) in [5.41, 5.74) is 1.69. The number of anilines is 1. The van der Waals surface area contributed by atoms with Gasteiger partial charge in [0.2, 0.25) is 0 Å². The zero-order chi connectivity index (χ0) is 14.1. The summed E-state index contributed by atoms with van der Waals surface area (Å²) in [4.78, 5) is 0.699. The van der Waals surface area contributed by atoms with E-state index in [1.165, 1.54) is 23.9 Å². The normalized spacial score (nSPS) is 17.6. The van der Waals surface area contributed by atoms with Gasteiger partial charge in [-0.2, -0.15) is 0 Å². The third kappa shape index (κ3) is 2.63. The summed E-state index contributed by atoms with van der Waals surface area (Å²) in [6.07, 6.45) is 0.885. The summed E-state index contributed by atoms with van der Waals surface area (Å²) >= 11 is 7.31. The molecule has 0 aromatic heterocycles. The van der Waals surface area contributed by atoms with Crippen molar-refractivity contribution in [1.82, 2.24) is 0 Å². The molecule has 2 aromatic carbocycles. The molecular formula is C15H12ClF2NS. The fourth-order valence-electron chi connectivity index (χ4n) is 2.32. The molecule has 2 aromatic rings.